The molecular weight excluding hydrogens is 363 g/mol. The number of nitrogens with two attached hydrogens (primary N) is 1. The van der Waals surface area contributed by atoms with Crippen molar-refractivity contribution >= 4 is 21.4 Å². The van der Waals surface area contributed by atoms with Gasteiger partial charge in [0, 0.05) is 17.3 Å². The summed E-state index contributed by atoms with van der Waals surface area (Å²) in [4.78, 5) is -0.137. The van der Waals surface area contributed by atoms with Gasteiger partial charge in [-0.05, 0) is 35.2 Å². The summed E-state index contributed by atoms with van der Waals surface area (Å²) in [6.07, 6.45) is -2.31. The van der Waals surface area contributed by atoms with E-state index in [1.165, 1.54) is 29.8 Å². The number of sulfonamides is 1. The van der Waals surface area contributed by atoms with E-state index >= 15 is 0 Å². The Kier molecular flexibility index (Phi) is 3.98. The largest absolute Gasteiger partial charge is 0.418 e. The number of thiophene rings is 1. The number of halogens is 3. The van der Waals surface area contributed by atoms with Crippen LogP contribution < -0.4 is 5.14 Å². The number of primary sulfonamides is 1. The number of alkyl halides is 3. The summed E-state index contributed by atoms with van der Waals surface area (Å²) >= 11 is 1.19. The van der Waals surface area contributed by atoms with Crippen LogP contribution in [0.15, 0.2) is 53.0 Å². The lowest BCUT2D eigenvalue weighted by Crippen LogP contribution is -2.20. The van der Waals surface area contributed by atoms with Crippen molar-refractivity contribution in [2.75, 3.05) is 0 Å². The zero-order valence-corrected chi connectivity index (χ0v) is 13.5. The van der Waals surface area contributed by atoms with Gasteiger partial charge in [0.2, 0.25) is 10.0 Å². The predicted octanol–water partition coefficient (Wildman–Crippen LogP) is 3.27. The standard InChI is InChI=1S/C14H10F3N3O2S2/c15-14(16,17)10-7-9(11-3-1-6-23-11)8-12(24(18,21)22)13(10)20-5-2-4-19-20/h1-8H,(H2,18,21,22). The van der Waals surface area contributed by atoms with Crippen LogP contribution in [-0.4, -0.2) is 18.2 Å². The molecule has 3 rings (SSSR count). The quantitative estimate of drug-likeness (QED) is 0.765. The number of hydrogen-bond acceptors (Lipinski definition) is 4. The van der Waals surface area contributed by atoms with Gasteiger partial charge in [-0.25, -0.2) is 18.2 Å². The maximum Gasteiger partial charge on any atom is 0.418 e. The Balaban J connectivity index is 2.43. The van der Waals surface area contributed by atoms with Crippen LogP contribution in [-0.2, 0) is 16.2 Å². The second-order valence-corrected chi connectivity index (χ2v) is 7.32. The molecule has 0 fully saturated rings. The number of rotatable bonds is 3. The van der Waals surface area contributed by atoms with E-state index < -0.39 is 32.3 Å². The molecule has 1 aromatic carbocycles. The van der Waals surface area contributed by atoms with Crippen molar-refractivity contribution in [2.45, 2.75) is 11.1 Å². The highest BCUT2D eigenvalue weighted by atomic mass is 32.2. The molecule has 0 aliphatic heterocycles. The molecule has 0 aliphatic rings. The molecule has 2 heterocycles. The molecule has 126 valence electrons. The van der Waals surface area contributed by atoms with E-state index in [0.29, 0.717) is 4.88 Å². The molecule has 2 N–H and O–H groups in total. The van der Waals surface area contributed by atoms with Gasteiger partial charge in [0.1, 0.15) is 4.90 Å². The van der Waals surface area contributed by atoms with E-state index in [1.807, 2.05) is 0 Å². The van der Waals surface area contributed by atoms with Crippen molar-refractivity contribution in [1.82, 2.24) is 9.78 Å². The Morgan fingerprint density at radius 1 is 1.21 bits per heavy atom. The van der Waals surface area contributed by atoms with E-state index in [0.717, 1.165) is 16.8 Å². The summed E-state index contributed by atoms with van der Waals surface area (Å²) in [5.74, 6) is 0. The van der Waals surface area contributed by atoms with Gasteiger partial charge in [-0.3, -0.25) is 0 Å². The Morgan fingerprint density at radius 2 is 1.96 bits per heavy atom. The van der Waals surface area contributed by atoms with Gasteiger partial charge in [0.25, 0.3) is 0 Å². The zero-order valence-electron chi connectivity index (χ0n) is 11.9. The third kappa shape index (κ3) is 3.07. The van der Waals surface area contributed by atoms with Crippen LogP contribution in [0.25, 0.3) is 16.1 Å². The van der Waals surface area contributed by atoms with E-state index in [9.17, 15) is 21.6 Å². The maximum absolute atomic E-state index is 13.6. The van der Waals surface area contributed by atoms with Crippen LogP contribution in [0.3, 0.4) is 0 Å². The van der Waals surface area contributed by atoms with Crippen LogP contribution in [0.2, 0.25) is 0 Å². The minimum atomic E-state index is -4.78. The molecule has 0 unspecified atom stereocenters. The summed E-state index contributed by atoms with van der Waals surface area (Å²) < 4.78 is 65.4. The van der Waals surface area contributed by atoms with E-state index in [-0.39, 0.29) is 5.56 Å². The number of nitrogens with zero attached hydrogens (tertiary/aromatic N) is 2. The molecule has 10 heteroatoms. The molecule has 0 spiro atoms. The number of hydrogen-bond donors (Lipinski definition) is 1. The SMILES string of the molecule is NS(=O)(=O)c1cc(-c2cccs2)cc(C(F)(F)F)c1-n1cccn1. The van der Waals surface area contributed by atoms with E-state index in [4.69, 9.17) is 5.14 Å². The van der Waals surface area contributed by atoms with Crippen LogP contribution >= 0.6 is 11.3 Å². The first-order valence-corrected chi connectivity index (χ1v) is 8.92. The maximum atomic E-state index is 13.6. The average Bonchev–Trinajstić information content (AvgIpc) is 3.17. The topological polar surface area (TPSA) is 78.0 Å². The molecule has 0 amide bonds. The fourth-order valence-corrected chi connectivity index (χ4v) is 3.74. The monoisotopic (exact) mass is 373 g/mol. The van der Waals surface area contributed by atoms with Crippen molar-refractivity contribution in [3.63, 3.8) is 0 Å². The smallest absolute Gasteiger partial charge is 0.239 e. The molecule has 2 aromatic heterocycles. The van der Waals surface area contributed by atoms with Gasteiger partial charge >= 0.3 is 6.18 Å². The molecule has 5 nitrogen and oxygen atoms in total. The second kappa shape index (κ2) is 5.72. The first-order valence-electron chi connectivity index (χ1n) is 6.50. The normalized spacial score (nSPS) is 12.5. The molecule has 0 saturated carbocycles. The first-order chi connectivity index (χ1) is 11.2. The summed E-state index contributed by atoms with van der Waals surface area (Å²) in [6.45, 7) is 0. The van der Waals surface area contributed by atoms with Crippen LogP contribution in [0.5, 0.6) is 0 Å². The Morgan fingerprint density at radius 3 is 2.46 bits per heavy atom. The minimum absolute atomic E-state index is 0.122. The van der Waals surface area contributed by atoms with Crippen LogP contribution in [0.1, 0.15) is 5.56 Å². The molecule has 3 aromatic rings. The molecular formula is C14H10F3N3O2S2. The molecule has 0 bridgehead atoms. The Hall–Kier alpha value is -2.17. The van der Waals surface area contributed by atoms with Gasteiger partial charge in [0.15, 0.2) is 0 Å². The van der Waals surface area contributed by atoms with Crippen molar-refractivity contribution in [3.8, 4) is 16.1 Å². The fraction of sp³-hybridized carbons (Fsp3) is 0.0714. The lowest BCUT2D eigenvalue weighted by Gasteiger charge is -2.17. The number of benzene rings is 1. The molecule has 24 heavy (non-hydrogen) atoms. The predicted molar refractivity (Wildman–Crippen MR) is 83.3 cm³/mol. The van der Waals surface area contributed by atoms with Crippen LogP contribution in [0, 0.1) is 0 Å². The van der Waals surface area contributed by atoms with Gasteiger partial charge in [-0.2, -0.15) is 18.3 Å². The van der Waals surface area contributed by atoms with Gasteiger partial charge < -0.3 is 0 Å². The molecule has 0 radical (unpaired) electrons. The Bertz CT molecular complexity index is 964. The fourth-order valence-electron chi connectivity index (χ4n) is 2.26. The second-order valence-electron chi connectivity index (χ2n) is 4.84. The highest BCUT2D eigenvalue weighted by Gasteiger charge is 2.38. The summed E-state index contributed by atoms with van der Waals surface area (Å²) in [5, 5.41) is 10.6. The average molecular weight is 373 g/mol. The van der Waals surface area contributed by atoms with E-state index in [1.54, 1.807) is 17.5 Å². The van der Waals surface area contributed by atoms with E-state index in [2.05, 4.69) is 5.10 Å². The molecule has 0 saturated heterocycles. The van der Waals surface area contributed by atoms with Gasteiger partial charge in [0.05, 0.1) is 11.3 Å². The lowest BCUT2D eigenvalue weighted by molar-refractivity contribution is -0.137. The highest BCUT2D eigenvalue weighted by Crippen LogP contribution is 2.40. The van der Waals surface area contributed by atoms with Gasteiger partial charge in [-0.15, -0.1) is 11.3 Å². The van der Waals surface area contributed by atoms with Crippen LogP contribution in [0.4, 0.5) is 13.2 Å². The summed E-state index contributed by atoms with van der Waals surface area (Å²) in [5.41, 5.74) is -1.62. The Labute approximate surface area is 139 Å². The lowest BCUT2D eigenvalue weighted by atomic mass is 10.1. The minimum Gasteiger partial charge on any atom is -0.239 e. The van der Waals surface area contributed by atoms with Crippen molar-refractivity contribution in [3.05, 3.63) is 53.7 Å². The summed E-state index contributed by atoms with van der Waals surface area (Å²) in [6, 6.07) is 6.68. The van der Waals surface area contributed by atoms with Crippen molar-refractivity contribution < 1.29 is 21.6 Å². The third-order valence-corrected chi connectivity index (χ3v) is 5.07. The number of aromatic nitrogens is 2. The van der Waals surface area contributed by atoms with Crippen molar-refractivity contribution in [2.24, 2.45) is 5.14 Å². The summed E-state index contributed by atoms with van der Waals surface area (Å²) in [7, 11) is -4.41. The molecule has 0 aliphatic carbocycles. The van der Waals surface area contributed by atoms with Gasteiger partial charge in [-0.1, -0.05) is 6.07 Å². The van der Waals surface area contributed by atoms with Crippen molar-refractivity contribution in [1.29, 1.82) is 0 Å². The highest BCUT2D eigenvalue weighted by molar-refractivity contribution is 7.89. The first kappa shape index (κ1) is 16.7. The molecule has 0 atom stereocenters. The third-order valence-electron chi connectivity index (χ3n) is 3.23. The zero-order chi connectivity index (χ0) is 17.5.